The number of aromatic nitrogens is 2. The van der Waals surface area contributed by atoms with E-state index in [9.17, 15) is 0 Å². The maximum Gasteiger partial charge on any atom is 0.187 e. The van der Waals surface area contributed by atoms with Crippen LogP contribution in [-0.4, -0.2) is 17.1 Å². The van der Waals surface area contributed by atoms with E-state index >= 15 is 0 Å². The van der Waals surface area contributed by atoms with Crippen LogP contribution in [0.15, 0.2) is 41.2 Å². The van der Waals surface area contributed by atoms with Gasteiger partial charge in [0.1, 0.15) is 16.5 Å². The molecule has 0 spiro atoms. The fourth-order valence-corrected chi connectivity index (χ4v) is 2.96. The van der Waals surface area contributed by atoms with Crippen LogP contribution in [0, 0.1) is 0 Å². The average molecular weight is 289 g/mol. The Kier molecular flexibility index (Phi) is 3.43. The van der Waals surface area contributed by atoms with Gasteiger partial charge in [0.2, 0.25) is 0 Å². The Morgan fingerprint density at radius 1 is 1.16 bits per heavy atom. The van der Waals surface area contributed by atoms with Gasteiger partial charge in [-0.3, -0.25) is 0 Å². The van der Waals surface area contributed by atoms with Crippen LogP contribution < -0.4 is 10.1 Å². The minimum absolute atomic E-state index is 0.841. The van der Waals surface area contributed by atoms with Crippen LogP contribution in [0.3, 0.4) is 0 Å². The van der Waals surface area contributed by atoms with E-state index in [1.54, 1.807) is 36.0 Å². The van der Waals surface area contributed by atoms with Crippen LogP contribution in [0.25, 0.3) is 10.7 Å². The average Bonchev–Trinajstić information content (AvgIpc) is 3.10. The normalized spacial score (nSPS) is 10.4. The molecule has 0 saturated carbocycles. The van der Waals surface area contributed by atoms with Gasteiger partial charge in [-0.15, -0.1) is 22.7 Å². The Morgan fingerprint density at radius 2 is 2.00 bits per heavy atom. The van der Waals surface area contributed by atoms with Crippen molar-refractivity contribution in [2.45, 2.75) is 0 Å². The molecule has 1 aromatic carbocycles. The summed E-state index contributed by atoms with van der Waals surface area (Å²) in [5.74, 6) is 0.841. The number of hydrogen-bond acceptors (Lipinski definition) is 6. The number of methoxy groups -OCH3 is 1. The molecule has 0 amide bonds. The van der Waals surface area contributed by atoms with E-state index in [0.717, 1.165) is 27.3 Å². The van der Waals surface area contributed by atoms with Crippen LogP contribution in [-0.2, 0) is 0 Å². The van der Waals surface area contributed by atoms with E-state index in [1.165, 1.54) is 0 Å². The van der Waals surface area contributed by atoms with Crippen LogP contribution in [0.5, 0.6) is 5.75 Å². The third-order valence-electron chi connectivity index (χ3n) is 2.50. The van der Waals surface area contributed by atoms with Crippen molar-refractivity contribution in [2.24, 2.45) is 0 Å². The van der Waals surface area contributed by atoms with Crippen molar-refractivity contribution in [1.82, 2.24) is 9.97 Å². The second kappa shape index (κ2) is 5.38. The number of anilines is 2. The minimum Gasteiger partial charge on any atom is -0.497 e. The number of ether oxygens (including phenoxy) is 1. The third kappa shape index (κ3) is 2.74. The molecule has 0 radical (unpaired) electrons. The zero-order valence-electron chi connectivity index (χ0n) is 10.2. The first-order valence-electron chi connectivity index (χ1n) is 5.61. The third-order valence-corrected chi connectivity index (χ3v) is 4.05. The van der Waals surface area contributed by atoms with Crippen LogP contribution >= 0.6 is 22.7 Å². The summed E-state index contributed by atoms with van der Waals surface area (Å²) in [4.78, 5) is 8.76. The van der Waals surface area contributed by atoms with E-state index in [1.807, 2.05) is 35.0 Å². The van der Waals surface area contributed by atoms with Crippen molar-refractivity contribution < 1.29 is 4.74 Å². The molecule has 0 fully saturated rings. The highest BCUT2D eigenvalue weighted by molar-refractivity contribution is 7.15. The Balaban J connectivity index is 1.76. The van der Waals surface area contributed by atoms with Crippen molar-refractivity contribution in [3.05, 3.63) is 41.2 Å². The highest BCUT2D eigenvalue weighted by Crippen LogP contribution is 2.28. The van der Waals surface area contributed by atoms with Gasteiger partial charge < -0.3 is 10.1 Å². The van der Waals surface area contributed by atoms with E-state index in [-0.39, 0.29) is 0 Å². The van der Waals surface area contributed by atoms with Gasteiger partial charge in [-0.2, -0.15) is 0 Å². The highest BCUT2D eigenvalue weighted by atomic mass is 32.1. The van der Waals surface area contributed by atoms with Gasteiger partial charge in [0.25, 0.3) is 0 Å². The predicted molar refractivity (Wildman–Crippen MR) is 79.5 cm³/mol. The van der Waals surface area contributed by atoms with Gasteiger partial charge in [-0.05, 0) is 24.3 Å². The largest absolute Gasteiger partial charge is 0.497 e. The lowest BCUT2D eigenvalue weighted by molar-refractivity contribution is 0.415. The summed E-state index contributed by atoms with van der Waals surface area (Å²) in [5, 5.41) is 9.02. The molecule has 4 nitrogen and oxygen atoms in total. The van der Waals surface area contributed by atoms with Crippen LogP contribution in [0.1, 0.15) is 0 Å². The number of nitrogens with zero attached hydrogens (tertiary/aromatic N) is 2. The Morgan fingerprint density at radius 3 is 2.68 bits per heavy atom. The van der Waals surface area contributed by atoms with Crippen molar-refractivity contribution in [3.8, 4) is 16.5 Å². The molecule has 96 valence electrons. The number of rotatable bonds is 4. The molecule has 0 saturated heterocycles. The maximum atomic E-state index is 5.12. The molecule has 6 heteroatoms. The van der Waals surface area contributed by atoms with Gasteiger partial charge in [0, 0.05) is 22.6 Å². The zero-order chi connectivity index (χ0) is 13.1. The molecule has 19 heavy (non-hydrogen) atoms. The second-order valence-corrected chi connectivity index (χ2v) is 5.48. The fraction of sp³-hybridized carbons (Fsp3) is 0.0769. The topological polar surface area (TPSA) is 47.0 Å². The Hall–Kier alpha value is -1.92. The van der Waals surface area contributed by atoms with Gasteiger partial charge in [-0.1, -0.05) is 0 Å². The molecule has 0 atom stereocenters. The molecule has 2 heterocycles. The lowest BCUT2D eigenvalue weighted by Gasteiger charge is -2.03. The van der Waals surface area contributed by atoms with E-state index in [2.05, 4.69) is 15.3 Å². The summed E-state index contributed by atoms with van der Waals surface area (Å²) in [7, 11) is 1.66. The summed E-state index contributed by atoms with van der Waals surface area (Å²) in [6.07, 6.45) is 1.79. The van der Waals surface area contributed by atoms with E-state index < -0.39 is 0 Å². The van der Waals surface area contributed by atoms with Gasteiger partial charge >= 0.3 is 0 Å². The number of hydrogen-bond donors (Lipinski definition) is 1. The fourth-order valence-electron chi connectivity index (χ4n) is 1.58. The molecule has 0 aliphatic rings. The zero-order valence-corrected chi connectivity index (χ0v) is 11.8. The Labute approximate surface area is 118 Å². The lowest BCUT2D eigenvalue weighted by Crippen LogP contribution is -1.90. The summed E-state index contributed by atoms with van der Waals surface area (Å²) in [6.45, 7) is 0. The van der Waals surface area contributed by atoms with Gasteiger partial charge in [-0.25, -0.2) is 9.97 Å². The minimum atomic E-state index is 0.841. The van der Waals surface area contributed by atoms with Crippen molar-refractivity contribution in [2.75, 3.05) is 12.4 Å². The molecule has 0 unspecified atom stereocenters. The van der Waals surface area contributed by atoms with Crippen molar-refractivity contribution >= 4 is 33.5 Å². The summed E-state index contributed by atoms with van der Waals surface area (Å²) in [6, 6.07) is 7.75. The predicted octanol–water partition coefficient (Wildman–Crippen LogP) is 4.02. The quantitative estimate of drug-likeness (QED) is 0.788. The first-order valence-corrected chi connectivity index (χ1v) is 7.37. The van der Waals surface area contributed by atoms with Crippen molar-refractivity contribution in [3.63, 3.8) is 0 Å². The molecule has 1 N–H and O–H groups in total. The molecule has 2 aromatic heterocycles. The van der Waals surface area contributed by atoms with Crippen LogP contribution in [0.4, 0.5) is 10.8 Å². The summed E-state index contributed by atoms with van der Waals surface area (Å²) >= 11 is 3.16. The van der Waals surface area contributed by atoms with Gasteiger partial charge in [0.15, 0.2) is 5.13 Å². The van der Waals surface area contributed by atoms with Gasteiger partial charge in [0.05, 0.1) is 7.11 Å². The first-order chi connectivity index (χ1) is 9.35. The lowest BCUT2D eigenvalue weighted by atomic mass is 10.3. The molecule has 0 bridgehead atoms. The van der Waals surface area contributed by atoms with Crippen molar-refractivity contribution in [1.29, 1.82) is 0 Å². The summed E-state index contributed by atoms with van der Waals surface area (Å²) in [5.41, 5.74) is 1.90. The first kappa shape index (κ1) is 12.1. The molecular formula is C13H11N3OS2. The molecular weight excluding hydrogens is 278 g/mol. The SMILES string of the molecule is COc1ccc(Nc2nc(-c3nccs3)cs2)cc1. The summed E-state index contributed by atoms with van der Waals surface area (Å²) < 4.78 is 5.12. The monoisotopic (exact) mass is 289 g/mol. The molecule has 0 aliphatic carbocycles. The van der Waals surface area contributed by atoms with E-state index in [4.69, 9.17) is 4.74 Å². The number of nitrogens with one attached hydrogen (secondary N) is 1. The molecule has 0 aliphatic heterocycles. The number of thiazole rings is 2. The highest BCUT2D eigenvalue weighted by Gasteiger charge is 2.06. The molecule has 3 rings (SSSR count). The number of benzene rings is 1. The van der Waals surface area contributed by atoms with Crippen LogP contribution in [0.2, 0.25) is 0 Å². The Bertz CT molecular complexity index is 647. The second-order valence-electron chi connectivity index (χ2n) is 3.73. The standard InChI is InChI=1S/C13H11N3OS2/c1-17-10-4-2-9(3-5-10)15-13-16-11(8-19-13)12-14-6-7-18-12/h2-8H,1H3,(H,15,16). The molecule has 3 aromatic rings. The van der Waals surface area contributed by atoms with E-state index in [0.29, 0.717) is 0 Å². The maximum absolute atomic E-state index is 5.12. The smallest absolute Gasteiger partial charge is 0.187 e.